The van der Waals surface area contributed by atoms with Crippen molar-refractivity contribution in [3.05, 3.63) is 0 Å². The van der Waals surface area contributed by atoms with E-state index in [0.717, 1.165) is 25.9 Å². The fourth-order valence-corrected chi connectivity index (χ4v) is 2.90. The van der Waals surface area contributed by atoms with Gasteiger partial charge in [0.05, 0.1) is 5.60 Å². The molecule has 1 heterocycles. The van der Waals surface area contributed by atoms with Gasteiger partial charge in [0.1, 0.15) is 6.10 Å². The maximum atomic E-state index is 6.07. The molecule has 2 fully saturated rings. The second-order valence-corrected chi connectivity index (χ2v) is 4.57. The monoisotopic (exact) mass is 199 g/mol. The minimum Gasteiger partial charge on any atom is -0.375 e. The summed E-state index contributed by atoms with van der Waals surface area (Å²) < 4.78 is 11.5. The minimum atomic E-state index is -0.0752. The molecule has 1 saturated carbocycles. The van der Waals surface area contributed by atoms with Crippen LogP contribution in [0.2, 0.25) is 0 Å². The largest absolute Gasteiger partial charge is 0.375 e. The Balaban J connectivity index is 2.09. The number of ether oxygens (including phenoxy) is 2. The van der Waals surface area contributed by atoms with Gasteiger partial charge in [-0.15, -0.1) is 0 Å². The van der Waals surface area contributed by atoms with Gasteiger partial charge in [-0.25, -0.2) is 0 Å². The number of rotatable bonds is 2. The summed E-state index contributed by atoms with van der Waals surface area (Å²) >= 11 is 0. The molecule has 0 amide bonds. The summed E-state index contributed by atoms with van der Waals surface area (Å²) in [6.07, 6.45) is 7.17. The lowest BCUT2D eigenvalue weighted by atomic mass is 9.78. The lowest BCUT2D eigenvalue weighted by Gasteiger charge is -2.41. The fourth-order valence-electron chi connectivity index (χ4n) is 2.90. The summed E-state index contributed by atoms with van der Waals surface area (Å²) in [6.45, 7) is 0.803. The summed E-state index contributed by atoms with van der Waals surface area (Å²) in [5, 5.41) is 0. The first kappa shape index (κ1) is 10.4. The van der Waals surface area contributed by atoms with Crippen LogP contribution in [0.5, 0.6) is 0 Å². The average Bonchev–Trinajstić information content (AvgIpc) is 2.66. The van der Waals surface area contributed by atoms with Crippen LogP contribution in [0.25, 0.3) is 0 Å². The van der Waals surface area contributed by atoms with E-state index in [4.69, 9.17) is 15.2 Å². The van der Waals surface area contributed by atoms with Crippen molar-refractivity contribution in [2.75, 3.05) is 13.7 Å². The van der Waals surface area contributed by atoms with E-state index in [0.29, 0.717) is 0 Å². The molecule has 0 aromatic heterocycles. The van der Waals surface area contributed by atoms with Crippen LogP contribution in [-0.4, -0.2) is 31.5 Å². The summed E-state index contributed by atoms with van der Waals surface area (Å²) in [5.74, 6) is 0. The van der Waals surface area contributed by atoms with E-state index >= 15 is 0 Å². The molecule has 0 aromatic carbocycles. The predicted molar refractivity (Wildman–Crippen MR) is 55.2 cm³/mol. The van der Waals surface area contributed by atoms with E-state index in [2.05, 4.69) is 0 Å². The number of nitrogens with two attached hydrogens (primary N) is 1. The van der Waals surface area contributed by atoms with Crippen molar-refractivity contribution in [3.63, 3.8) is 0 Å². The molecule has 82 valence electrons. The first-order valence-electron chi connectivity index (χ1n) is 5.71. The zero-order valence-corrected chi connectivity index (χ0v) is 9.00. The maximum Gasteiger partial charge on any atom is 0.102 e. The molecule has 2 rings (SSSR count). The number of methoxy groups -OCH3 is 1. The van der Waals surface area contributed by atoms with Crippen LogP contribution >= 0.6 is 0 Å². The second kappa shape index (κ2) is 4.17. The lowest BCUT2D eigenvalue weighted by Crippen LogP contribution is -2.52. The molecule has 0 aromatic rings. The topological polar surface area (TPSA) is 44.5 Å². The Morgan fingerprint density at radius 3 is 2.50 bits per heavy atom. The molecular weight excluding hydrogens is 178 g/mol. The lowest BCUT2D eigenvalue weighted by molar-refractivity contribution is -0.132. The van der Waals surface area contributed by atoms with E-state index in [1.54, 1.807) is 7.11 Å². The Labute approximate surface area is 85.9 Å². The Bertz CT molecular complexity index is 190. The van der Waals surface area contributed by atoms with Gasteiger partial charge in [-0.2, -0.15) is 0 Å². The summed E-state index contributed by atoms with van der Waals surface area (Å²) in [7, 11) is 1.81. The third-order valence-corrected chi connectivity index (χ3v) is 3.76. The number of hydrogen-bond donors (Lipinski definition) is 1. The Kier molecular flexibility index (Phi) is 3.10. The third kappa shape index (κ3) is 1.69. The van der Waals surface area contributed by atoms with Crippen molar-refractivity contribution >= 4 is 0 Å². The maximum absolute atomic E-state index is 6.07. The highest BCUT2D eigenvalue weighted by molar-refractivity contribution is 4.99. The first-order valence-corrected chi connectivity index (χ1v) is 5.71. The highest BCUT2D eigenvalue weighted by Crippen LogP contribution is 2.38. The van der Waals surface area contributed by atoms with Crippen molar-refractivity contribution in [2.45, 2.75) is 56.3 Å². The van der Waals surface area contributed by atoms with Gasteiger partial charge in [0.25, 0.3) is 0 Å². The highest BCUT2D eigenvalue weighted by Gasteiger charge is 2.45. The van der Waals surface area contributed by atoms with Crippen LogP contribution in [0.1, 0.15) is 38.5 Å². The van der Waals surface area contributed by atoms with Gasteiger partial charge in [-0.05, 0) is 19.3 Å². The molecule has 1 saturated heterocycles. The van der Waals surface area contributed by atoms with Gasteiger partial charge in [-0.1, -0.05) is 19.3 Å². The zero-order valence-electron chi connectivity index (χ0n) is 9.00. The molecule has 14 heavy (non-hydrogen) atoms. The molecule has 2 N–H and O–H groups in total. The van der Waals surface area contributed by atoms with E-state index in [1.165, 1.54) is 19.3 Å². The Hall–Kier alpha value is -0.120. The standard InChI is InChI=1S/C11H21NO2/c1-13-11(6-3-2-4-7-11)10-9(12)5-8-14-10/h9-10H,2-8,12H2,1H3. The molecule has 1 aliphatic heterocycles. The van der Waals surface area contributed by atoms with Crippen LogP contribution in [0.15, 0.2) is 0 Å². The molecule has 0 bridgehead atoms. The summed E-state index contributed by atoms with van der Waals surface area (Å²) in [5.41, 5.74) is 5.99. The fraction of sp³-hybridized carbons (Fsp3) is 1.00. The third-order valence-electron chi connectivity index (χ3n) is 3.76. The molecule has 2 aliphatic rings. The van der Waals surface area contributed by atoms with E-state index in [-0.39, 0.29) is 17.7 Å². The van der Waals surface area contributed by atoms with Crippen LogP contribution in [0.3, 0.4) is 0 Å². The predicted octanol–water partition coefficient (Wildman–Crippen LogP) is 1.45. The van der Waals surface area contributed by atoms with E-state index < -0.39 is 0 Å². The van der Waals surface area contributed by atoms with Gasteiger partial charge in [0, 0.05) is 19.8 Å². The van der Waals surface area contributed by atoms with Gasteiger partial charge < -0.3 is 15.2 Å². The Morgan fingerprint density at radius 1 is 1.29 bits per heavy atom. The van der Waals surface area contributed by atoms with E-state index in [9.17, 15) is 0 Å². The smallest absolute Gasteiger partial charge is 0.102 e. The number of hydrogen-bond acceptors (Lipinski definition) is 3. The molecular formula is C11H21NO2. The SMILES string of the molecule is COC1(C2OCCC2N)CCCCC1. The van der Waals surface area contributed by atoms with Crippen molar-refractivity contribution in [2.24, 2.45) is 5.73 Å². The van der Waals surface area contributed by atoms with Gasteiger partial charge in [0.15, 0.2) is 0 Å². The minimum absolute atomic E-state index is 0.0752. The first-order chi connectivity index (χ1) is 6.78. The van der Waals surface area contributed by atoms with Gasteiger partial charge >= 0.3 is 0 Å². The van der Waals surface area contributed by atoms with Crippen LogP contribution < -0.4 is 5.73 Å². The molecule has 0 spiro atoms. The molecule has 0 radical (unpaired) electrons. The molecule has 2 atom stereocenters. The molecule has 2 unspecified atom stereocenters. The Morgan fingerprint density at radius 2 is 2.00 bits per heavy atom. The van der Waals surface area contributed by atoms with Crippen molar-refractivity contribution < 1.29 is 9.47 Å². The molecule has 3 nitrogen and oxygen atoms in total. The van der Waals surface area contributed by atoms with Crippen LogP contribution in [0.4, 0.5) is 0 Å². The highest BCUT2D eigenvalue weighted by atomic mass is 16.5. The van der Waals surface area contributed by atoms with Crippen molar-refractivity contribution in [1.82, 2.24) is 0 Å². The van der Waals surface area contributed by atoms with Crippen LogP contribution in [0, 0.1) is 0 Å². The average molecular weight is 199 g/mol. The molecule has 3 heteroatoms. The van der Waals surface area contributed by atoms with E-state index in [1.807, 2.05) is 0 Å². The van der Waals surface area contributed by atoms with Crippen LogP contribution in [-0.2, 0) is 9.47 Å². The normalized spacial score (nSPS) is 37.3. The van der Waals surface area contributed by atoms with Crippen molar-refractivity contribution in [3.8, 4) is 0 Å². The van der Waals surface area contributed by atoms with Gasteiger partial charge in [0.2, 0.25) is 0 Å². The van der Waals surface area contributed by atoms with Crippen molar-refractivity contribution in [1.29, 1.82) is 0 Å². The molecule has 1 aliphatic carbocycles. The zero-order chi connectivity index (χ0) is 10.0. The van der Waals surface area contributed by atoms with Gasteiger partial charge in [-0.3, -0.25) is 0 Å². The second-order valence-electron chi connectivity index (χ2n) is 4.57. The summed E-state index contributed by atoms with van der Waals surface area (Å²) in [4.78, 5) is 0. The summed E-state index contributed by atoms with van der Waals surface area (Å²) in [6, 6.07) is 0.174. The quantitative estimate of drug-likeness (QED) is 0.732.